The lowest BCUT2D eigenvalue weighted by Gasteiger charge is -2.11. The van der Waals surface area contributed by atoms with Gasteiger partial charge >= 0.3 is 0 Å². The lowest BCUT2D eigenvalue weighted by Crippen LogP contribution is -1.98. The predicted molar refractivity (Wildman–Crippen MR) is 105 cm³/mol. The molecule has 0 aliphatic heterocycles. The molecule has 0 amide bonds. The van der Waals surface area contributed by atoms with Crippen LogP contribution in [0.25, 0.3) is 16.6 Å². The van der Waals surface area contributed by atoms with Gasteiger partial charge in [-0.1, -0.05) is 31.1 Å². The van der Waals surface area contributed by atoms with E-state index in [1.54, 1.807) is 18.3 Å². The smallest absolute Gasteiger partial charge is 0.175 e. The van der Waals surface area contributed by atoms with Gasteiger partial charge in [0.2, 0.25) is 0 Å². The van der Waals surface area contributed by atoms with E-state index in [1.165, 1.54) is 31.9 Å². The minimum absolute atomic E-state index is 0.347. The Labute approximate surface area is 153 Å². The van der Waals surface area contributed by atoms with E-state index in [2.05, 4.69) is 22.1 Å². The van der Waals surface area contributed by atoms with Crippen LogP contribution in [0.15, 0.2) is 59.6 Å². The first-order chi connectivity index (χ1) is 12.5. The summed E-state index contributed by atoms with van der Waals surface area (Å²) in [6.45, 7) is 0. The molecule has 1 fully saturated rings. The van der Waals surface area contributed by atoms with Crippen molar-refractivity contribution in [1.29, 1.82) is 0 Å². The Balaban J connectivity index is 1.80. The molecule has 2 heterocycles. The van der Waals surface area contributed by atoms with Crippen LogP contribution in [0.1, 0.15) is 36.9 Å². The van der Waals surface area contributed by atoms with E-state index in [0.29, 0.717) is 10.8 Å². The summed E-state index contributed by atoms with van der Waals surface area (Å²) < 4.78 is 23.5. The molecule has 1 N–H and O–H groups in total. The number of rotatable bonds is 4. The number of benzene rings is 1. The third-order valence-electron chi connectivity index (χ3n) is 5.08. The zero-order valence-electron chi connectivity index (χ0n) is 14.8. The van der Waals surface area contributed by atoms with Crippen LogP contribution in [0.3, 0.4) is 0 Å². The van der Waals surface area contributed by atoms with Crippen molar-refractivity contribution in [1.82, 2.24) is 9.97 Å². The van der Waals surface area contributed by atoms with Crippen LogP contribution in [0.4, 0.5) is 0 Å². The number of hydrogen-bond donors (Lipinski definition) is 1. The fourth-order valence-electron chi connectivity index (χ4n) is 3.69. The molecule has 0 atom stereocenters. The number of fused-ring (bicyclic) bond motifs is 1. The maximum absolute atomic E-state index is 11.8. The van der Waals surface area contributed by atoms with Crippen LogP contribution in [0.2, 0.25) is 0 Å². The second-order valence-electron chi connectivity index (χ2n) is 7.05. The summed E-state index contributed by atoms with van der Waals surface area (Å²) >= 11 is 0. The summed E-state index contributed by atoms with van der Waals surface area (Å²) in [6.07, 6.45) is 10.3. The number of nitrogens with zero attached hydrogens (tertiary/aromatic N) is 1. The number of hydrogen-bond acceptors (Lipinski definition) is 3. The molecule has 0 radical (unpaired) electrons. The van der Waals surface area contributed by atoms with Gasteiger partial charge < -0.3 is 4.98 Å². The molecular weight excluding hydrogens is 344 g/mol. The topological polar surface area (TPSA) is 62.8 Å². The van der Waals surface area contributed by atoms with E-state index in [1.807, 2.05) is 24.3 Å². The summed E-state index contributed by atoms with van der Waals surface area (Å²) in [4.78, 5) is 8.16. The minimum atomic E-state index is -3.19. The molecule has 4 rings (SSSR count). The monoisotopic (exact) mass is 366 g/mol. The molecule has 26 heavy (non-hydrogen) atoms. The SMILES string of the molecule is CS(=O)(=O)c1ccc(C(=CC2CCCC2)c2cc3cccnc3[nH]2)cc1. The molecule has 134 valence electrons. The zero-order chi connectivity index (χ0) is 18.1. The molecule has 0 unspecified atom stereocenters. The summed E-state index contributed by atoms with van der Waals surface area (Å²) in [5, 5.41) is 1.08. The molecule has 3 aromatic rings. The van der Waals surface area contributed by atoms with Gasteiger partial charge in [-0.05, 0) is 54.7 Å². The molecular formula is C21H22N2O2S. The number of nitrogens with one attached hydrogen (secondary N) is 1. The maximum atomic E-state index is 11.8. The first-order valence-electron chi connectivity index (χ1n) is 8.97. The summed E-state index contributed by atoms with van der Waals surface area (Å²) in [5.41, 5.74) is 4.04. The Morgan fingerprint density at radius 1 is 1.15 bits per heavy atom. The highest BCUT2D eigenvalue weighted by atomic mass is 32.2. The van der Waals surface area contributed by atoms with Crippen LogP contribution < -0.4 is 0 Å². The molecule has 1 aliphatic carbocycles. The predicted octanol–water partition coefficient (Wildman–Crippen LogP) is 4.59. The largest absolute Gasteiger partial charge is 0.339 e. The quantitative estimate of drug-likeness (QED) is 0.735. The molecule has 1 aromatic carbocycles. The van der Waals surface area contributed by atoms with Crippen molar-refractivity contribution in [2.24, 2.45) is 5.92 Å². The third-order valence-corrected chi connectivity index (χ3v) is 6.21. The number of aromatic nitrogens is 2. The van der Waals surface area contributed by atoms with Crippen molar-refractivity contribution >= 4 is 26.4 Å². The van der Waals surface area contributed by atoms with E-state index in [-0.39, 0.29) is 0 Å². The number of sulfone groups is 1. The third kappa shape index (κ3) is 3.44. The van der Waals surface area contributed by atoms with Crippen LogP contribution >= 0.6 is 0 Å². The van der Waals surface area contributed by atoms with Gasteiger partial charge in [0.25, 0.3) is 0 Å². The molecule has 5 heteroatoms. The van der Waals surface area contributed by atoms with Gasteiger partial charge in [0.05, 0.1) is 4.90 Å². The average molecular weight is 366 g/mol. The highest BCUT2D eigenvalue weighted by molar-refractivity contribution is 7.90. The van der Waals surface area contributed by atoms with Crippen LogP contribution in [-0.4, -0.2) is 24.6 Å². The van der Waals surface area contributed by atoms with Crippen LogP contribution in [0.5, 0.6) is 0 Å². The second-order valence-corrected chi connectivity index (χ2v) is 9.06. The fourth-order valence-corrected chi connectivity index (χ4v) is 4.32. The van der Waals surface area contributed by atoms with Gasteiger partial charge in [-0.3, -0.25) is 0 Å². The molecule has 1 aliphatic rings. The molecule has 1 saturated carbocycles. The second kappa shape index (κ2) is 6.72. The summed E-state index contributed by atoms with van der Waals surface area (Å²) in [6, 6.07) is 13.3. The molecule has 2 aromatic heterocycles. The van der Waals surface area contributed by atoms with Crippen LogP contribution in [-0.2, 0) is 9.84 Å². The van der Waals surface area contributed by atoms with Gasteiger partial charge in [0.15, 0.2) is 9.84 Å². The Kier molecular flexibility index (Phi) is 4.41. The van der Waals surface area contributed by atoms with Crippen molar-refractivity contribution in [2.45, 2.75) is 30.6 Å². The molecule has 0 saturated heterocycles. The first-order valence-corrected chi connectivity index (χ1v) is 10.9. The Morgan fingerprint density at radius 2 is 1.88 bits per heavy atom. The van der Waals surface area contributed by atoms with E-state index in [0.717, 1.165) is 27.9 Å². The van der Waals surface area contributed by atoms with Crippen molar-refractivity contribution in [3.8, 4) is 0 Å². The standard InChI is InChI=1S/C21H22N2O2S/c1-26(24,25)18-10-8-16(9-11-18)19(13-15-5-2-3-6-15)20-14-17-7-4-12-22-21(17)23-20/h4,7-15H,2-3,5-6H2,1H3,(H,22,23). The molecule has 0 bridgehead atoms. The zero-order valence-corrected chi connectivity index (χ0v) is 15.6. The number of aromatic amines is 1. The normalized spacial score (nSPS) is 16.4. The lowest BCUT2D eigenvalue weighted by molar-refractivity contribution is 0.602. The fraction of sp³-hybridized carbons (Fsp3) is 0.286. The van der Waals surface area contributed by atoms with Crippen molar-refractivity contribution in [3.05, 3.63) is 66.0 Å². The number of H-pyrrole nitrogens is 1. The van der Waals surface area contributed by atoms with E-state index in [9.17, 15) is 8.42 Å². The maximum Gasteiger partial charge on any atom is 0.175 e. The van der Waals surface area contributed by atoms with Gasteiger partial charge in [-0.15, -0.1) is 0 Å². The number of allylic oxidation sites excluding steroid dienone is 1. The van der Waals surface area contributed by atoms with E-state index in [4.69, 9.17) is 0 Å². The van der Waals surface area contributed by atoms with Gasteiger partial charge in [0.1, 0.15) is 5.65 Å². The summed E-state index contributed by atoms with van der Waals surface area (Å²) in [7, 11) is -3.19. The first kappa shape index (κ1) is 17.0. The van der Waals surface area contributed by atoms with Gasteiger partial charge in [0, 0.05) is 29.1 Å². The molecule has 0 spiro atoms. The minimum Gasteiger partial charge on any atom is -0.339 e. The highest BCUT2D eigenvalue weighted by Gasteiger charge is 2.17. The highest BCUT2D eigenvalue weighted by Crippen LogP contribution is 2.33. The van der Waals surface area contributed by atoms with E-state index >= 15 is 0 Å². The van der Waals surface area contributed by atoms with Crippen LogP contribution in [0, 0.1) is 5.92 Å². The summed E-state index contributed by atoms with van der Waals surface area (Å²) in [5.74, 6) is 0.568. The van der Waals surface area contributed by atoms with Gasteiger partial charge in [-0.2, -0.15) is 0 Å². The van der Waals surface area contributed by atoms with Gasteiger partial charge in [-0.25, -0.2) is 13.4 Å². The molecule has 4 nitrogen and oxygen atoms in total. The average Bonchev–Trinajstić information content (AvgIpc) is 3.28. The Hall–Kier alpha value is -2.40. The van der Waals surface area contributed by atoms with Crippen molar-refractivity contribution in [3.63, 3.8) is 0 Å². The lowest BCUT2D eigenvalue weighted by atomic mass is 9.96. The van der Waals surface area contributed by atoms with E-state index < -0.39 is 9.84 Å². The van der Waals surface area contributed by atoms with Crippen molar-refractivity contribution in [2.75, 3.05) is 6.26 Å². The number of pyridine rings is 1. The Morgan fingerprint density at radius 3 is 2.54 bits per heavy atom. The Bertz CT molecular complexity index is 1020. The van der Waals surface area contributed by atoms with Crippen molar-refractivity contribution < 1.29 is 8.42 Å².